The summed E-state index contributed by atoms with van der Waals surface area (Å²) in [6.45, 7) is 3.49. The van der Waals surface area contributed by atoms with Crippen LogP contribution in [0, 0.1) is 5.82 Å². The fraction of sp³-hybridized carbons (Fsp3) is 0.286. The van der Waals surface area contributed by atoms with Gasteiger partial charge in [0.1, 0.15) is 5.82 Å². The summed E-state index contributed by atoms with van der Waals surface area (Å²) >= 11 is 0. The predicted molar refractivity (Wildman–Crippen MR) is 69.3 cm³/mol. The van der Waals surface area contributed by atoms with Crippen LogP contribution < -0.4 is 5.56 Å². The number of alkyl halides is 3. The SMILES string of the molecule is CC(C)c1c(-c2ccc(C(F)(F)F)c(F)c2)nc[nH]c1=O. The van der Waals surface area contributed by atoms with Crippen LogP contribution in [-0.2, 0) is 6.18 Å². The summed E-state index contributed by atoms with van der Waals surface area (Å²) in [7, 11) is 0. The molecular formula is C14H12F4N2O. The molecule has 0 saturated heterocycles. The topological polar surface area (TPSA) is 45.8 Å². The van der Waals surface area contributed by atoms with Gasteiger partial charge in [-0.05, 0) is 18.1 Å². The summed E-state index contributed by atoms with van der Waals surface area (Å²) in [6.07, 6.45) is -3.62. The van der Waals surface area contributed by atoms with Crippen LogP contribution in [-0.4, -0.2) is 9.97 Å². The number of nitrogens with one attached hydrogen (secondary N) is 1. The van der Waals surface area contributed by atoms with Crippen LogP contribution in [0.3, 0.4) is 0 Å². The van der Waals surface area contributed by atoms with Crippen LogP contribution in [0.25, 0.3) is 11.3 Å². The maximum Gasteiger partial charge on any atom is 0.419 e. The molecular weight excluding hydrogens is 288 g/mol. The van der Waals surface area contributed by atoms with Gasteiger partial charge in [0, 0.05) is 11.1 Å². The van der Waals surface area contributed by atoms with E-state index in [0.29, 0.717) is 11.6 Å². The summed E-state index contributed by atoms with van der Waals surface area (Å²) in [5, 5.41) is 0. The summed E-state index contributed by atoms with van der Waals surface area (Å²) in [5.41, 5.74) is -1.12. The predicted octanol–water partition coefficient (Wildman–Crippen LogP) is 3.72. The number of hydrogen-bond donors (Lipinski definition) is 1. The number of halogens is 4. The van der Waals surface area contributed by atoms with Gasteiger partial charge < -0.3 is 4.98 Å². The van der Waals surface area contributed by atoms with Gasteiger partial charge in [-0.3, -0.25) is 4.79 Å². The molecule has 0 bridgehead atoms. The van der Waals surface area contributed by atoms with Crippen molar-refractivity contribution in [3.63, 3.8) is 0 Å². The first-order valence-electron chi connectivity index (χ1n) is 6.16. The normalized spacial score (nSPS) is 12.0. The maximum absolute atomic E-state index is 13.6. The lowest BCUT2D eigenvalue weighted by atomic mass is 9.97. The second-order valence-electron chi connectivity index (χ2n) is 4.84. The molecule has 0 fully saturated rings. The average molecular weight is 300 g/mol. The molecule has 0 saturated carbocycles. The zero-order valence-corrected chi connectivity index (χ0v) is 11.3. The van der Waals surface area contributed by atoms with Crippen molar-refractivity contribution in [2.75, 3.05) is 0 Å². The van der Waals surface area contributed by atoms with Crippen LogP contribution in [0.1, 0.15) is 30.9 Å². The van der Waals surface area contributed by atoms with E-state index in [1.54, 1.807) is 13.8 Å². The Hall–Kier alpha value is -2.18. The minimum atomic E-state index is -4.76. The third-order valence-electron chi connectivity index (χ3n) is 3.01. The van der Waals surface area contributed by atoms with Gasteiger partial charge in [0.2, 0.25) is 0 Å². The van der Waals surface area contributed by atoms with Crippen molar-refractivity contribution in [3.05, 3.63) is 51.8 Å². The molecule has 0 unspecified atom stereocenters. The highest BCUT2D eigenvalue weighted by Crippen LogP contribution is 2.34. The number of aromatic nitrogens is 2. The van der Waals surface area contributed by atoms with Gasteiger partial charge in [-0.25, -0.2) is 9.37 Å². The summed E-state index contributed by atoms with van der Waals surface area (Å²) in [4.78, 5) is 18.2. The molecule has 1 aromatic heterocycles. The van der Waals surface area contributed by atoms with Gasteiger partial charge in [-0.1, -0.05) is 19.9 Å². The van der Waals surface area contributed by atoms with Crippen molar-refractivity contribution in [1.29, 1.82) is 0 Å². The first kappa shape index (κ1) is 15.2. The van der Waals surface area contributed by atoms with E-state index in [2.05, 4.69) is 9.97 Å². The molecule has 21 heavy (non-hydrogen) atoms. The number of benzene rings is 1. The van der Waals surface area contributed by atoms with Crippen molar-refractivity contribution in [2.24, 2.45) is 0 Å². The van der Waals surface area contributed by atoms with E-state index in [1.807, 2.05) is 0 Å². The Labute approximate surface area is 117 Å². The van der Waals surface area contributed by atoms with Crippen LogP contribution >= 0.6 is 0 Å². The van der Waals surface area contributed by atoms with E-state index in [9.17, 15) is 22.4 Å². The standard InChI is InChI=1S/C14H12F4N2O/c1-7(2)11-12(19-6-20-13(11)21)8-3-4-9(10(15)5-8)14(16,17)18/h3-7H,1-2H3,(H,19,20,21). The van der Waals surface area contributed by atoms with E-state index in [4.69, 9.17) is 0 Å². The molecule has 112 valence electrons. The van der Waals surface area contributed by atoms with Gasteiger partial charge in [0.05, 0.1) is 17.6 Å². The first-order chi connectivity index (χ1) is 9.71. The quantitative estimate of drug-likeness (QED) is 0.859. The van der Waals surface area contributed by atoms with Crippen LogP contribution in [0.15, 0.2) is 29.3 Å². The van der Waals surface area contributed by atoms with Gasteiger partial charge in [-0.15, -0.1) is 0 Å². The van der Waals surface area contributed by atoms with Gasteiger partial charge >= 0.3 is 6.18 Å². The average Bonchev–Trinajstić information content (AvgIpc) is 2.36. The third kappa shape index (κ3) is 2.96. The smallest absolute Gasteiger partial charge is 0.313 e. The van der Waals surface area contributed by atoms with Crippen molar-refractivity contribution in [2.45, 2.75) is 25.9 Å². The van der Waals surface area contributed by atoms with E-state index in [1.165, 1.54) is 0 Å². The minimum absolute atomic E-state index is 0.135. The number of nitrogens with zero attached hydrogens (tertiary/aromatic N) is 1. The van der Waals surface area contributed by atoms with Crippen molar-refractivity contribution >= 4 is 0 Å². The molecule has 0 aliphatic rings. The third-order valence-corrected chi connectivity index (χ3v) is 3.01. The van der Waals surface area contributed by atoms with Crippen molar-refractivity contribution in [3.8, 4) is 11.3 Å². The van der Waals surface area contributed by atoms with E-state index in [0.717, 1.165) is 18.5 Å². The number of hydrogen-bond acceptors (Lipinski definition) is 2. The van der Waals surface area contributed by atoms with E-state index >= 15 is 0 Å². The Morgan fingerprint density at radius 3 is 2.43 bits per heavy atom. The lowest BCUT2D eigenvalue weighted by Gasteiger charge is -2.12. The zero-order valence-electron chi connectivity index (χ0n) is 11.3. The molecule has 1 N–H and O–H groups in total. The molecule has 0 amide bonds. The zero-order chi connectivity index (χ0) is 15.8. The second-order valence-corrected chi connectivity index (χ2v) is 4.84. The Kier molecular flexibility index (Phi) is 3.85. The second kappa shape index (κ2) is 5.31. The summed E-state index contributed by atoms with van der Waals surface area (Å²) in [5.74, 6) is -1.60. The van der Waals surface area contributed by atoms with Gasteiger partial charge in [0.15, 0.2) is 0 Å². The maximum atomic E-state index is 13.6. The highest BCUT2D eigenvalue weighted by Gasteiger charge is 2.34. The Morgan fingerprint density at radius 2 is 1.90 bits per heavy atom. The van der Waals surface area contributed by atoms with Crippen LogP contribution in [0.4, 0.5) is 17.6 Å². The number of rotatable bonds is 2. The van der Waals surface area contributed by atoms with Gasteiger partial charge in [-0.2, -0.15) is 13.2 Å². The fourth-order valence-electron chi connectivity index (χ4n) is 2.07. The number of H-pyrrole nitrogens is 1. The Bertz CT molecular complexity index is 720. The van der Waals surface area contributed by atoms with Crippen molar-refractivity contribution in [1.82, 2.24) is 9.97 Å². The molecule has 1 heterocycles. The fourth-order valence-corrected chi connectivity index (χ4v) is 2.07. The highest BCUT2D eigenvalue weighted by atomic mass is 19.4. The minimum Gasteiger partial charge on any atom is -0.313 e. The molecule has 0 atom stereocenters. The molecule has 2 rings (SSSR count). The van der Waals surface area contributed by atoms with Crippen LogP contribution in [0.5, 0.6) is 0 Å². The lowest BCUT2D eigenvalue weighted by molar-refractivity contribution is -0.139. The van der Waals surface area contributed by atoms with Crippen molar-refractivity contribution < 1.29 is 17.6 Å². The molecule has 0 radical (unpaired) electrons. The first-order valence-corrected chi connectivity index (χ1v) is 6.16. The molecule has 3 nitrogen and oxygen atoms in total. The van der Waals surface area contributed by atoms with E-state index in [-0.39, 0.29) is 17.2 Å². The number of aromatic amines is 1. The summed E-state index contributed by atoms with van der Waals surface area (Å²) in [6, 6.07) is 2.51. The lowest BCUT2D eigenvalue weighted by Crippen LogP contribution is -2.16. The Balaban J connectivity index is 2.62. The molecule has 0 aliphatic carbocycles. The Morgan fingerprint density at radius 1 is 1.24 bits per heavy atom. The molecule has 0 aliphatic heterocycles. The molecule has 7 heteroatoms. The van der Waals surface area contributed by atoms with Gasteiger partial charge in [0.25, 0.3) is 5.56 Å². The summed E-state index contributed by atoms with van der Waals surface area (Å²) < 4.78 is 51.3. The molecule has 1 aromatic carbocycles. The largest absolute Gasteiger partial charge is 0.419 e. The monoisotopic (exact) mass is 300 g/mol. The molecule has 2 aromatic rings. The van der Waals surface area contributed by atoms with Crippen LogP contribution in [0.2, 0.25) is 0 Å². The molecule has 0 spiro atoms. The highest BCUT2D eigenvalue weighted by molar-refractivity contribution is 5.63. The van der Waals surface area contributed by atoms with E-state index < -0.39 is 23.1 Å².